The highest BCUT2D eigenvalue weighted by Gasteiger charge is 2.81. The molecule has 0 aromatic heterocycles. The van der Waals surface area contributed by atoms with Crippen LogP contribution in [0, 0.1) is 63.1 Å². The molecule has 0 heterocycles. The van der Waals surface area contributed by atoms with E-state index >= 15 is 0 Å². The lowest BCUT2D eigenvalue weighted by Crippen LogP contribution is -2.55. The van der Waals surface area contributed by atoms with Gasteiger partial charge in [-0.15, -0.1) is 0 Å². The van der Waals surface area contributed by atoms with Crippen LogP contribution in [0.2, 0.25) is 0 Å². The Labute approximate surface area is 199 Å². The SMILES string of the molecule is CC[C@H](/C=C/[C@@H](C)[C@H]1CC[C@@]2(C)C3CCC4[C@H](C)C(O)CC[C@@]45C[C@@]35CC[C@]12C)C(C)C. The summed E-state index contributed by atoms with van der Waals surface area (Å²) in [6, 6.07) is 0. The van der Waals surface area contributed by atoms with E-state index in [2.05, 4.69) is 60.6 Å². The molecule has 0 aromatic carbocycles. The topological polar surface area (TPSA) is 20.2 Å². The Morgan fingerprint density at radius 3 is 2.31 bits per heavy atom. The Morgan fingerprint density at radius 2 is 1.62 bits per heavy atom. The lowest BCUT2D eigenvalue weighted by Gasteiger charge is -2.62. The smallest absolute Gasteiger partial charge is 0.0568 e. The van der Waals surface area contributed by atoms with Crippen LogP contribution in [0.4, 0.5) is 0 Å². The molecule has 5 fully saturated rings. The van der Waals surface area contributed by atoms with Crippen molar-refractivity contribution in [2.75, 3.05) is 0 Å². The Bertz CT molecular complexity index is 754. The molecule has 1 nitrogen and oxygen atoms in total. The van der Waals surface area contributed by atoms with Crippen molar-refractivity contribution in [1.29, 1.82) is 0 Å². The van der Waals surface area contributed by atoms with Gasteiger partial charge in [0.2, 0.25) is 0 Å². The third-order valence-corrected chi connectivity index (χ3v) is 13.3. The maximum absolute atomic E-state index is 10.6. The van der Waals surface area contributed by atoms with Gasteiger partial charge in [-0.25, -0.2) is 0 Å². The molecule has 1 N–H and O–H groups in total. The van der Waals surface area contributed by atoms with Crippen LogP contribution in [-0.2, 0) is 0 Å². The van der Waals surface area contributed by atoms with Gasteiger partial charge in [-0.2, -0.15) is 0 Å². The summed E-state index contributed by atoms with van der Waals surface area (Å²) in [5.41, 5.74) is 2.27. The van der Waals surface area contributed by atoms with Crippen molar-refractivity contribution in [2.24, 2.45) is 63.1 Å². The van der Waals surface area contributed by atoms with Gasteiger partial charge in [0.1, 0.15) is 0 Å². The van der Waals surface area contributed by atoms with Crippen LogP contribution in [0.25, 0.3) is 0 Å². The van der Waals surface area contributed by atoms with Crippen molar-refractivity contribution in [3.8, 4) is 0 Å². The van der Waals surface area contributed by atoms with E-state index in [1.54, 1.807) is 0 Å². The predicted molar refractivity (Wildman–Crippen MR) is 135 cm³/mol. The second kappa shape index (κ2) is 7.60. The van der Waals surface area contributed by atoms with Crippen molar-refractivity contribution in [3.05, 3.63) is 12.2 Å². The first-order valence-electron chi connectivity index (χ1n) is 14.4. The number of fused-ring (bicyclic) bond motifs is 2. The molecular weight excluding hydrogens is 388 g/mol. The summed E-state index contributed by atoms with van der Waals surface area (Å²) in [6.45, 7) is 17.5. The van der Waals surface area contributed by atoms with Crippen LogP contribution in [0.1, 0.15) is 113 Å². The number of aliphatic hydroxyl groups excluding tert-OH is 1. The molecule has 32 heavy (non-hydrogen) atoms. The third kappa shape index (κ3) is 2.85. The molecule has 5 aliphatic rings. The molecule has 0 amide bonds. The fourth-order valence-corrected chi connectivity index (χ4v) is 11.2. The number of allylic oxidation sites excluding steroid dienone is 2. The minimum Gasteiger partial charge on any atom is -0.393 e. The zero-order chi connectivity index (χ0) is 23.1. The minimum absolute atomic E-state index is 0.0365. The van der Waals surface area contributed by atoms with Crippen molar-refractivity contribution in [3.63, 3.8) is 0 Å². The quantitative estimate of drug-likeness (QED) is 0.426. The maximum Gasteiger partial charge on any atom is 0.0568 e. The molecule has 0 saturated heterocycles. The zero-order valence-electron chi connectivity index (χ0n) is 22.3. The van der Waals surface area contributed by atoms with Crippen molar-refractivity contribution < 1.29 is 5.11 Å². The summed E-state index contributed by atoms with van der Waals surface area (Å²) in [6.07, 6.45) is 19.0. The molecule has 5 rings (SSSR count). The normalized spacial score (nSPS) is 54.0. The maximum atomic E-state index is 10.6. The lowest BCUT2D eigenvalue weighted by molar-refractivity contribution is -0.141. The fraction of sp³-hybridized carbons (Fsp3) is 0.935. The highest BCUT2D eigenvalue weighted by atomic mass is 16.3. The van der Waals surface area contributed by atoms with Crippen LogP contribution in [0.15, 0.2) is 12.2 Å². The molecule has 3 unspecified atom stereocenters. The molecule has 0 aliphatic heterocycles. The molecule has 1 heteroatoms. The number of hydrogen-bond acceptors (Lipinski definition) is 1. The van der Waals surface area contributed by atoms with Crippen LogP contribution in [0.3, 0.4) is 0 Å². The highest BCUT2D eigenvalue weighted by Crippen LogP contribution is 2.88. The molecule has 5 saturated carbocycles. The predicted octanol–water partition coefficient (Wildman–Crippen LogP) is 8.27. The van der Waals surface area contributed by atoms with E-state index in [-0.39, 0.29) is 6.10 Å². The fourth-order valence-electron chi connectivity index (χ4n) is 11.2. The Kier molecular flexibility index (Phi) is 5.57. The van der Waals surface area contributed by atoms with Crippen molar-refractivity contribution >= 4 is 0 Å². The van der Waals surface area contributed by atoms with Crippen LogP contribution in [-0.4, -0.2) is 11.2 Å². The van der Waals surface area contributed by atoms with E-state index in [1.807, 2.05) is 0 Å². The van der Waals surface area contributed by atoms with E-state index in [1.165, 1.54) is 57.8 Å². The van der Waals surface area contributed by atoms with Gasteiger partial charge in [0.05, 0.1) is 6.10 Å². The van der Waals surface area contributed by atoms with Crippen molar-refractivity contribution in [1.82, 2.24) is 0 Å². The van der Waals surface area contributed by atoms with Gasteiger partial charge in [0.25, 0.3) is 0 Å². The van der Waals surface area contributed by atoms with Gasteiger partial charge in [-0.3, -0.25) is 0 Å². The van der Waals surface area contributed by atoms with Gasteiger partial charge >= 0.3 is 0 Å². The first-order valence-corrected chi connectivity index (χ1v) is 14.4. The van der Waals surface area contributed by atoms with Gasteiger partial charge in [0.15, 0.2) is 0 Å². The average Bonchev–Trinajstić information content (AvgIpc) is 3.33. The summed E-state index contributed by atoms with van der Waals surface area (Å²) in [4.78, 5) is 0. The summed E-state index contributed by atoms with van der Waals surface area (Å²) >= 11 is 0. The van der Waals surface area contributed by atoms with Crippen LogP contribution < -0.4 is 0 Å². The summed E-state index contributed by atoms with van der Waals surface area (Å²) in [5, 5.41) is 10.6. The molecule has 0 aromatic rings. The number of hydrogen-bond donors (Lipinski definition) is 1. The Morgan fingerprint density at radius 1 is 0.875 bits per heavy atom. The molecule has 182 valence electrons. The van der Waals surface area contributed by atoms with E-state index in [0.29, 0.717) is 33.5 Å². The molecule has 2 spiro atoms. The number of aliphatic hydroxyl groups is 1. The summed E-state index contributed by atoms with van der Waals surface area (Å²) in [7, 11) is 0. The second-order valence-corrected chi connectivity index (χ2v) is 14.2. The first-order chi connectivity index (χ1) is 15.1. The van der Waals surface area contributed by atoms with E-state index < -0.39 is 0 Å². The molecule has 0 radical (unpaired) electrons. The first kappa shape index (κ1) is 23.4. The van der Waals surface area contributed by atoms with E-state index in [0.717, 1.165) is 36.0 Å². The largest absolute Gasteiger partial charge is 0.393 e. The van der Waals surface area contributed by atoms with E-state index in [9.17, 15) is 5.11 Å². The zero-order valence-corrected chi connectivity index (χ0v) is 22.3. The number of rotatable bonds is 5. The highest BCUT2D eigenvalue weighted by molar-refractivity contribution is 5.29. The summed E-state index contributed by atoms with van der Waals surface area (Å²) < 4.78 is 0. The van der Waals surface area contributed by atoms with Gasteiger partial charge in [0, 0.05) is 0 Å². The van der Waals surface area contributed by atoms with Crippen molar-refractivity contribution in [2.45, 2.75) is 119 Å². The van der Waals surface area contributed by atoms with Crippen LogP contribution in [0.5, 0.6) is 0 Å². The van der Waals surface area contributed by atoms with Gasteiger partial charge in [-0.05, 0) is 127 Å². The average molecular weight is 441 g/mol. The third-order valence-electron chi connectivity index (χ3n) is 13.3. The minimum atomic E-state index is -0.0365. The van der Waals surface area contributed by atoms with E-state index in [4.69, 9.17) is 0 Å². The molecule has 0 bridgehead atoms. The molecule has 5 aliphatic carbocycles. The Hall–Kier alpha value is -0.300. The lowest BCUT2D eigenvalue weighted by atomic mass is 9.43. The van der Waals surface area contributed by atoms with Gasteiger partial charge < -0.3 is 5.11 Å². The molecular formula is C31H52O. The van der Waals surface area contributed by atoms with Crippen LogP contribution >= 0.6 is 0 Å². The standard InChI is InChI=1S/C31H52O/c1-8-23(20(2)3)10-9-21(4)24-13-15-29(7)27-12-11-25-22(5)26(32)14-16-30(25)19-31(27,30)18-17-28(24,29)6/h9-10,20-27,32H,8,11-19H2,1-7H3/b10-9+/t21-,22+,23-,24-,25?,26?,27?,28-,29+,30-,31+/m1/s1. The summed E-state index contributed by atoms with van der Waals surface area (Å²) in [5.74, 6) is 5.31. The second-order valence-electron chi connectivity index (χ2n) is 14.2. The molecule has 11 atom stereocenters. The van der Waals surface area contributed by atoms with Gasteiger partial charge in [-0.1, -0.05) is 60.6 Å². The Balaban J connectivity index is 1.39. The monoisotopic (exact) mass is 440 g/mol.